The molecule has 0 saturated carbocycles. The fourth-order valence-electron chi connectivity index (χ4n) is 1.70. The summed E-state index contributed by atoms with van der Waals surface area (Å²) in [4.78, 5) is 14.8. The number of rotatable bonds is 3. The van der Waals surface area contributed by atoms with Gasteiger partial charge < -0.3 is 10.3 Å². The summed E-state index contributed by atoms with van der Waals surface area (Å²) in [7, 11) is 0. The molecule has 0 aliphatic rings. The fourth-order valence-corrected chi connectivity index (χ4v) is 1.70. The predicted octanol–water partition coefficient (Wildman–Crippen LogP) is 1.62. The zero-order valence-electron chi connectivity index (χ0n) is 9.65. The highest BCUT2D eigenvalue weighted by Crippen LogP contribution is 2.15. The molecule has 0 bridgehead atoms. The molecule has 18 heavy (non-hydrogen) atoms. The average Bonchev–Trinajstić information content (AvgIpc) is 2.66. The maximum Gasteiger partial charge on any atom is 0.269 e. The molecule has 0 spiro atoms. The molecule has 0 radical (unpaired) electrons. The molecule has 2 aromatic rings. The first kappa shape index (κ1) is 12.2. The molecule has 1 heterocycles. The number of nitrogens with two attached hydrogens (primary N) is 1. The monoisotopic (exact) mass is 251 g/mol. The predicted molar refractivity (Wildman–Crippen MR) is 60.9 cm³/mol. The van der Waals surface area contributed by atoms with E-state index in [1.807, 2.05) is 0 Å². The Kier molecular flexibility index (Phi) is 3.10. The van der Waals surface area contributed by atoms with Crippen molar-refractivity contribution in [3.05, 3.63) is 53.1 Å². The quantitative estimate of drug-likeness (QED) is 0.901. The van der Waals surface area contributed by atoms with Crippen molar-refractivity contribution in [3.63, 3.8) is 0 Å². The third-order valence-corrected chi connectivity index (χ3v) is 2.72. The van der Waals surface area contributed by atoms with Gasteiger partial charge >= 0.3 is 0 Å². The molecule has 94 valence electrons. The van der Waals surface area contributed by atoms with E-state index in [1.54, 1.807) is 6.92 Å². The maximum atomic E-state index is 13.5. The molecule has 4 nitrogen and oxygen atoms in total. The molecule has 2 N–H and O–H groups in total. The largest absolute Gasteiger partial charge is 0.364 e. The number of imidazole rings is 1. The van der Waals surface area contributed by atoms with Crippen LogP contribution in [0.15, 0.2) is 24.5 Å². The Hall–Kier alpha value is -2.24. The van der Waals surface area contributed by atoms with Crippen molar-refractivity contribution in [3.8, 4) is 0 Å². The van der Waals surface area contributed by atoms with Gasteiger partial charge in [-0.05, 0) is 19.1 Å². The van der Waals surface area contributed by atoms with Crippen LogP contribution in [-0.4, -0.2) is 15.5 Å². The molecule has 6 heteroatoms. The van der Waals surface area contributed by atoms with Gasteiger partial charge in [-0.1, -0.05) is 6.07 Å². The fraction of sp³-hybridized carbons (Fsp3) is 0.167. The molecule has 1 aromatic heterocycles. The average molecular weight is 251 g/mol. The minimum absolute atomic E-state index is 0.0371. The Morgan fingerprint density at radius 3 is 2.50 bits per heavy atom. The van der Waals surface area contributed by atoms with E-state index in [1.165, 1.54) is 29.1 Å². The number of carbonyl (C=O) groups excluding carboxylic acids is 1. The highest BCUT2D eigenvalue weighted by atomic mass is 19.1. The van der Waals surface area contributed by atoms with Gasteiger partial charge in [-0.2, -0.15) is 0 Å². The molecular weight excluding hydrogens is 240 g/mol. The molecule has 0 aliphatic heterocycles. The summed E-state index contributed by atoms with van der Waals surface area (Å²) in [6, 6.07) is 3.66. The van der Waals surface area contributed by atoms with Crippen molar-refractivity contribution < 1.29 is 13.6 Å². The smallest absolute Gasteiger partial charge is 0.269 e. The first-order valence-electron chi connectivity index (χ1n) is 5.25. The SMILES string of the molecule is Cc1c(C(N)=O)ncn1Cc1c(F)cccc1F. The van der Waals surface area contributed by atoms with E-state index >= 15 is 0 Å². The van der Waals surface area contributed by atoms with E-state index in [-0.39, 0.29) is 17.8 Å². The van der Waals surface area contributed by atoms with E-state index in [0.717, 1.165) is 0 Å². The highest BCUT2D eigenvalue weighted by Gasteiger charge is 2.14. The number of amides is 1. The van der Waals surface area contributed by atoms with E-state index in [2.05, 4.69) is 4.98 Å². The molecule has 0 saturated heterocycles. The first-order valence-corrected chi connectivity index (χ1v) is 5.25. The summed E-state index contributed by atoms with van der Waals surface area (Å²) in [6.45, 7) is 1.58. The number of nitrogens with zero attached hydrogens (tertiary/aromatic N) is 2. The molecule has 0 atom stereocenters. The van der Waals surface area contributed by atoms with Crippen molar-refractivity contribution >= 4 is 5.91 Å². The molecule has 1 aromatic carbocycles. The highest BCUT2D eigenvalue weighted by molar-refractivity contribution is 5.91. The number of hydrogen-bond acceptors (Lipinski definition) is 2. The van der Waals surface area contributed by atoms with Crippen LogP contribution in [0.1, 0.15) is 21.7 Å². The lowest BCUT2D eigenvalue weighted by atomic mass is 10.2. The number of hydrogen-bond donors (Lipinski definition) is 1. The summed E-state index contributed by atoms with van der Waals surface area (Å²) in [5.74, 6) is -1.94. The lowest BCUT2D eigenvalue weighted by molar-refractivity contribution is 0.0995. The van der Waals surface area contributed by atoms with Gasteiger partial charge in [0.15, 0.2) is 0 Å². The van der Waals surface area contributed by atoms with Gasteiger partial charge in [0, 0.05) is 11.3 Å². The molecule has 1 amide bonds. The number of benzene rings is 1. The van der Waals surface area contributed by atoms with Crippen molar-refractivity contribution in [1.29, 1.82) is 0 Å². The van der Waals surface area contributed by atoms with Crippen molar-refractivity contribution in [2.75, 3.05) is 0 Å². The maximum absolute atomic E-state index is 13.5. The number of carbonyl (C=O) groups is 1. The van der Waals surface area contributed by atoms with E-state index in [9.17, 15) is 13.6 Å². The summed E-state index contributed by atoms with van der Waals surface area (Å²) >= 11 is 0. The zero-order valence-corrected chi connectivity index (χ0v) is 9.65. The second-order valence-electron chi connectivity index (χ2n) is 3.87. The first-order chi connectivity index (χ1) is 8.50. The van der Waals surface area contributed by atoms with Crippen molar-refractivity contribution in [1.82, 2.24) is 9.55 Å². The van der Waals surface area contributed by atoms with Crippen LogP contribution in [0.5, 0.6) is 0 Å². The Labute approximate surface area is 102 Å². The number of halogens is 2. The second kappa shape index (κ2) is 4.56. The minimum Gasteiger partial charge on any atom is -0.364 e. The van der Waals surface area contributed by atoms with Crippen LogP contribution < -0.4 is 5.73 Å². The van der Waals surface area contributed by atoms with Crippen LogP contribution in [-0.2, 0) is 6.54 Å². The third kappa shape index (κ3) is 2.09. The van der Waals surface area contributed by atoms with Crippen molar-refractivity contribution in [2.45, 2.75) is 13.5 Å². The van der Waals surface area contributed by atoms with Crippen LogP contribution in [0, 0.1) is 18.6 Å². The van der Waals surface area contributed by atoms with Gasteiger partial charge in [-0.3, -0.25) is 4.79 Å². The van der Waals surface area contributed by atoms with Crippen LogP contribution in [0.4, 0.5) is 8.78 Å². The van der Waals surface area contributed by atoms with Crippen LogP contribution in [0.3, 0.4) is 0 Å². The molecule has 0 fully saturated rings. The topological polar surface area (TPSA) is 60.9 Å². The van der Waals surface area contributed by atoms with Crippen molar-refractivity contribution in [2.24, 2.45) is 5.73 Å². The van der Waals surface area contributed by atoms with Gasteiger partial charge in [0.25, 0.3) is 5.91 Å². The van der Waals surface area contributed by atoms with Gasteiger partial charge in [-0.25, -0.2) is 13.8 Å². The number of primary amides is 1. The van der Waals surface area contributed by atoms with E-state index in [0.29, 0.717) is 5.69 Å². The molecule has 2 rings (SSSR count). The van der Waals surface area contributed by atoms with Gasteiger partial charge in [0.1, 0.15) is 17.3 Å². The Balaban J connectivity index is 2.38. The Morgan fingerprint density at radius 2 is 2.00 bits per heavy atom. The van der Waals surface area contributed by atoms with Gasteiger partial charge in [-0.15, -0.1) is 0 Å². The summed E-state index contributed by atoms with van der Waals surface area (Å²) < 4.78 is 28.4. The van der Waals surface area contributed by atoms with E-state index in [4.69, 9.17) is 5.73 Å². The summed E-state index contributed by atoms with van der Waals surface area (Å²) in [5, 5.41) is 0. The van der Waals surface area contributed by atoms with Crippen LogP contribution in [0.2, 0.25) is 0 Å². The number of aromatic nitrogens is 2. The molecule has 0 unspecified atom stereocenters. The van der Waals surface area contributed by atoms with E-state index < -0.39 is 17.5 Å². The minimum atomic E-state index is -0.666. The Morgan fingerprint density at radius 1 is 1.39 bits per heavy atom. The van der Waals surface area contributed by atoms with Crippen LogP contribution in [0.25, 0.3) is 0 Å². The molecule has 0 aliphatic carbocycles. The van der Waals surface area contributed by atoms with Crippen LogP contribution >= 0.6 is 0 Å². The normalized spacial score (nSPS) is 10.6. The lowest BCUT2D eigenvalue weighted by Gasteiger charge is -2.07. The zero-order chi connectivity index (χ0) is 13.3. The molecular formula is C12H11F2N3O. The van der Waals surface area contributed by atoms with Gasteiger partial charge in [0.05, 0.1) is 12.9 Å². The standard InChI is InChI=1S/C12H11F2N3O/c1-7-11(12(15)18)16-6-17(7)5-8-9(13)3-2-4-10(8)14/h2-4,6H,5H2,1H3,(H2,15,18). The second-order valence-corrected chi connectivity index (χ2v) is 3.87. The summed E-state index contributed by atoms with van der Waals surface area (Å²) in [6.07, 6.45) is 1.33. The Bertz CT molecular complexity index is 587. The lowest BCUT2D eigenvalue weighted by Crippen LogP contribution is -2.14. The third-order valence-electron chi connectivity index (χ3n) is 2.72. The summed E-state index contributed by atoms with van der Waals surface area (Å²) in [5.41, 5.74) is 5.62. The van der Waals surface area contributed by atoms with Gasteiger partial charge in [0.2, 0.25) is 0 Å².